The van der Waals surface area contributed by atoms with Gasteiger partial charge in [-0.25, -0.2) is 0 Å². The molecule has 1 N–H and O–H groups in total. The van der Waals surface area contributed by atoms with Crippen LogP contribution in [0.25, 0.3) is 0 Å². The number of esters is 1. The van der Waals surface area contributed by atoms with Crippen LogP contribution in [0.4, 0.5) is 0 Å². The molecule has 122 valence electrons. The van der Waals surface area contributed by atoms with E-state index in [2.05, 4.69) is 5.32 Å². The highest BCUT2D eigenvalue weighted by molar-refractivity contribution is 6.01. The van der Waals surface area contributed by atoms with Crippen LogP contribution in [0.3, 0.4) is 0 Å². The molecule has 0 unspecified atom stereocenters. The molecule has 2 fully saturated rings. The molecule has 1 saturated carbocycles. The summed E-state index contributed by atoms with van der Waals surface area (Å²) in [5, 5.41) is 3.07. The second-order valence-corrected chi connectivity index (χ2v) is 6.63. The third kappa shape index (κ3) is 1.92. The summed E-state index contributed by atoms with van der Waals surface area (Å²) in [7, 11) is 0. The van der Waals surface area contributed by atoms with Crippen LogP contribution in [0.15, 0.2) is 24.3 Å². The predicted octanol–water partition coefficient (Wildman–Crippen LogP) is 2.36. The monoisotopic (exact) mass is 315 g/mol. The van der Waals surface area contributed by atoms with Crippen molar-refractivity contribution in [2.75, 3.05) is 6.61 Å². The normalized spacial score (nSPS) is 34.5. The van der Waals surface area contributed by atoms with E-state index in [1.165, 1.54) is 0 Å². The molecule has 1 amide bonds. The van der Waals surface area contributed by atoms with Gasteiger partial charge in [-0.1, -0.05) is 24.6 Å². The number of fused-ring (bicyclic) bond motifs is 2. The lowest BCUT2D eigenvalue weighted by atomic mass is 9.59. The van der Waals surface area contributed by atoms with Crippen molar-refractivity contribution in [3.05, 3.63) is 29.8 Å². The van der Waals surface area contributed by atoms with Crippen molar-refractivity contribution in [2.45, 2.75) is 44.8 Å². The summed E-state index contributed by atoms with van der Waals surface area (Å²) < 4.78 is 11.5. The van der Waals surface area contributed by atoms with Gasteiger partial charge in [-0.2, -0.15) is 0 Å². The highest BCUT2D eigenvalue weighted by atomic mass is 16.5. The minimum absolute atomic E-state index is 0.121. The van der Waals surface area contributed by atoms with Crippen LogP contribution < -0.4 is 10.1 Å². The molecule has 0 aromatic heterocycles. The van der Waals surface area contributed by atoms with Crippen LogP contribution >= 0.6 is 0 Å². The summed E-state index contributed by atoms with van der Waals surface area (Å²) in [6, 6.07) is 7.65. The van der Waals surface area contributed by atoms with Crippen molar-refractivity contribution in [3.8, 4) is 5.75 Å². The van der Waals surface area contributed by atoms with Gasteiger partial charge in [0.05, 0.1) is 18.1 Å². The number of amides is 1. The minimum Gasteiger partial charge on any atom is -0.489 e. The van der Waals surface area contributed by atoms with Crippen molar-refractivity contribution in [3.63, 3.8) is 0 Å². The maximum Gasteiger partial charge on any atom is 0.319 e. The predicted molar refractivity (Wildman–Crippen MR) is 82.8 cm³/mol. The van der Waals surface area contributed by atoms with Crippen molar-refractivity contribution >= 4 is 11.9 Å². The molecule has 1 aromatic carbocycles. The van der Waals surface area contributed by atoms with Gasteiger partial charge < -0.3 is 14.8 Å². The largest absolute Gasteiger partial charge is 0.489 e. The number of carbonyl (C=O) groups excluding carboxylic acids is 2. The summed E-state index contributed by atoms with van der Waals surface area (Å²) in [4.78, 5) is 25.2. The summed E-state index contributed by atoms with van der Waals surface area (Å²) in [5.41, 5.74) is 0.460. The molecule has 5 heteroatoms. The highest BCUT2D eigenvalue weighted by Crippen LogP contribution is 2.60. The number of benzene rings is 1. The Morgan fingerprint density at radius 2 is 2.22 bits per heavy atom. The molecule has 3 aliphatic rings. The van der Waals surface area contributed by atoms with Crippen LogP contribution in [0.5, 0.6) is 5.75 Å². The zero-order chi connectivity index (χ0) is 16.0. The van der Waals surface area contributed by atoms with E-state index >= 15 is 0 Å². The van der Waals surface area contributed by atoms with Gasteiger partial charge >= 0.3 is 5.97 Å². The van der Waals surface area contributed by atoms with Crippen LogP contribution in [0, 0.1) is 11.3 Å². The number of rotatable bonds is 2. The Morgan fingerprint density at radius 3 is 3.04 bits per heavy atom. The number of carbonyl (C=O) groups is 2. The molecule has 1 aromatic rings. The third-order valence-electron chi connectivity index (χ3n) is 5.57. The number of para-hydroxylation sites is 1. The maximum atomic E-state index is 12.6. The van der Waals surface area contributed by atoms with Gasteiger partial charge in [-0.05, 0) is 32.3 Å². The topological polar surface area (TPSA) is 64.6 Å². The first-order valence-corrected chi connectivity index (χ1v) is 8.41. The summed E-state index contributed by atoms with van der Waals surface area (Å²) in [6.45, 7) is 2.05. The number of hydrogen-bond donors (Lipinski definition) is 1. The van der Waals surface area contributed by atoms with E-state index in [9.17, 15) is 9.59 Å². The lowest BCUT2D eigenvalue weighted by Gasteiger charge is -2.49. The Morgan fingerprint density at radius 1 is 1.39 bits per heavy atom. The molecule has 2 aliphatic heterocycles. The van der Waals surface area contributed by atoms with Crippen molar-refractivity contribution < 1.29 is 19.1 Å². The number of ether oxygens (including phenoxy) is 2. The van der Waals surface area contributed by atoms with Gasteiger partial charge in [-0.15, -0.1) is 0 Å². The SMILES string of the molecule is CCOC(=O)[C@@H]1C(=O)N[C@H]2c3ccccc3O[C@H]3CCCC[C@@]132. The molecular formula is C18H21NO4. The molecule has 2 heterocycles. The fraction of sp³-hybridized carbons (Fsp3) is 0.556. The van der Waals surface area contributed by atoms with Gasteiger partial charge in [0.15, 0.2) is 0 Å². The van der Waals surface area contributed by atoms with E-state index in [0.29, 0.717) is 0 Å². The molecular weight excluding hydrogens is 294 g/mol. The van der Waals surface area contributed by atoms with Crippen molar-refractivity contribution in [2.24, 2.45) is 11.3 Å². The zero-order valence-corrected chi connectivity index (χ0v) is 13.2. The highest BCUT2D eigenvalue weighted by Gasteiger charge is 2.66. The van der Waals surface area contributed by atoms with Crippen LogP contribution in [-0.4, -0.2) is 24.6 Å². The first-order valence-electron chi connectivity index (χ1n) is 8.41. The second-order valence-electron chi connectivity index (χ2n) is 6.63. The second kappa shape index (κ2) is 5.25. The fourth-order valence-electron chi connectivity index (χ4n) is 4.69. The maximum absolute atomic E-state index is 12.6. The Balaban J connectivity index is 1.85. The molecule has 23 heavy (non-hydrogen) atoms. The van der Waals surface area contributed by atoms with E-state index in [1.54, 1.807) is 6.92 Å². The van der Waals surface area contributed by atoms with Gasteiger partial charge in [0.2, 0.25) is 5.91 Å². The Hall–Kier alpha value is -2.04. The zero-order valence-electron chi connectivity index (χ0n) is 13.2. The third-order valence-corrected chi connectivity index (χ3v) is 5.57. The summed E-state index contributed by atoms with van der Waals surface area (Å²) >= 11 is 0. The summed E-state index contributed by atoms with van der Waals surface area (Å²) in [6.07, 6.45) is 3.62. The molecule has 1 aliphatic carbocycles. The first kappa shape index (κ1) is 14.5. The van der Waals surface area contributed by atoms with Gasteiger partial charge in [0.25, 0.3) is 0 Å². The lowest BCUT2D eigenvalue weighted by Crippen LogP contribution is -2.53. The van der Waals surface area contributed by atoms with E-state index in [1.807, 2.05) is 24.3 Å². The Kier molecular flexibility index (Phi) is 3.32. The van der Waals surface area contributed by atoms with E-state index in [0.717, 1.165) is 37.0 Å². The Bertz CT molecular complexity index is 658. The summed E-state index contributed by atoms with van der Waals surface area (Å²) in [5.74, 6) is -0.584. The first-order chi connectivity index (χ1) is 11.2. The van der Waals surface area contributed by atoms with E-state index in [-0.39, 0.29) is 24.7 Å². The molecule has 5 nitrogen and oxygen atoms in total. The smallest absolute Gasteiger partial charge is 0.319 e. The van der Waals surface area contributed by atoms with Gasteiger partial charge in [0.1, 0.15) is 17.8 Å². The quantitative estimate of drug-likeness (QED) is 0.672. The molecule has 1 spiro atoms. The average Bonchev–Trinajstić information content (AvgIpc) is 2.85. The van der Waals surface area contributed by atoms with Crippen LogP contribution in [0.1, 0.15) is 44.2 Å². The Labute approximate surface area is 135 Å². The number of nitrogens with one attached hydrogen (secondary N) is 1. The molecule has 4 atom stereocenters. The van der Waals surface area contributed by atoms with Crippen LogP contribution in [0.2, 0.25) is 0 Å². The molecule has 0 radical (unpaired) electrons. The van der Waals surface area contributed by atoms with Crippen molar-refractivity contribution in [1.29, 1.82) is 0 Å². The van der Waals surface area contributed by atoms with E-state index in [4.69, 9.17) is 9.47 Å². The molecule has 0 bridgehead atoms. The molecule has 4 rings (SSSR count). The van der Waals surface area contributed by atoms with Crippen molar-refractivity contribution in [1.82, 2.24) is 5.32 Å². The van der Waals surface area contributed by atoms with Crippen LogP contribution in [-0.2, 0) is 14.3 Å². The van der Waals surface area contributed by atoms with E-state index < -0.39 is 17.3 Å². The average molecular weight is 315 g/mol. The van der Waals surface area contributed by atoms with Gasteiger partial charge in [0, 0.05) is 5.56 Å². The number of hydrogen-bond acceptors (Lipinski definition) is 4. The van der Waals surface area contributed by atoms with Gasteiger partial charge in [-0.3, -0.25) is 9.59 Å². The standard InChI is InChI=1S/C18H21NO4/c1-2-22-17(21)14-16(20)19-15-11-7-3-4-8-12(11)23-13-9-5-6-10-18(13,14)15/h3-4,7-8,13-15H,2,5-6,9-10H2,1H3,(H,19,20)/t13-,14-,15-,18-/m0/s1. The lowest BCUT2D eigenvalue weighted by molar-refractivity contribution is -0.161. The molecule has 1 saturated heterocycles. The minimum atomic E-state index is -0.772. The fourth-order valence-corrected chi connectivity index (χ4v) is 4.69.